The van der Waals surface area contributed by atoms with Gasteiger partial charge in [-0.15, -0.1) is 0 Å². The molecule has 1 aliphatic carbocycles. The van der Waals surface area contributed by atoms with Gasteiger partial charge < -0.3 is 0 Å². The van der Waals surface area contributed by atoms with Crippen LogP contribution in [0.2, 0.25) is 0 Å². The zero-order valence-electron chi connectivity index (χ0n) is 15.3. The summed E-state index contributed by atoms with van der Waals surface area (Å²) in [5, 5.41) is 1.73. The molecule has 0 bridgehead atoms. The summed E-state index contributed by atoms with van der Waals surface area (Å²) in [5.74, 6) is 0.0664. The van der Waals surface area contributed by atoms with E-state index in [1.54, 1.807) is 5.01 Å². The van der Waals surface area contributed by atoms with Crippen LogP contribution in [-0.4, -0.2) is 40.9 Å². The van der Waals surface area contributed by atoms with Gasteiger partial charge in [0.15, 0.2) is 0 Å². The van der Waals surface area contributed by atoms with E-state index < -0.39 is 0 Å². The van der Waals surface area contributed by atoms with Gasteiger partial charge in [0.1, 0.15) is 0 Å². The Labute approximate surface area is 155 Å². The molecule has 136 valence electrons. The zero-order valence-corrected chi connectivity index (χ0v) is 15.3. The number of fused-ring (bicyclic) bond motifs is 1. The fourth-order valence-corrected chi connectivity index (χ4v) is 4.07. The molecule has 26 heavy (non-hydrogen) atoms. The molecule has 1 amide bonds. The maximum atomic E-state index is 12.6. The third-order valence-electron chi connectivity index (χ3n) is 5.41. The zero-order chi connectivity index (χ0) is 17.9. The Balaban J connectivity index is 1.49. The van der Waals surface area contributed by atoms with Crippen molar-refractivity contribution in [3.8, 4) is 0 Å². The Hall–Kier alpha value is -2.24. The maximum Gasteiger partial charge on any atom is 0.267 e. The Morgan fingerprint density at radius 2 is 2.23 bits per heavy atom. The highest BCUT2D eigenvalue weighted by atomic mass is 16.2. The smallest absolute Gasteiger partial charge is 0.267 e. The standard InChI is InChI=1S/C21H26N4O/c1-24(19-10-3-7-17-9-4-11-22-20(17)19)15-16-6-2-8-18(14-16)21(26)25-13-5-12-23-25/h2,4,6,8-9,11,14,19,23H,3,5,7,10,12-13,15H2,1H3. The minimum absolute atomic E-state index is 0.0664. The van der Waals surface area contributed by atoms with Crippen molar-refractivity contribution in [3.63, 3.8) is 0 Å². The molecule has 0 saturated carbocycles. The van der Waals surface area contributed by atoms with Crippen LogP contribution in [-0.2, 0) is 13.0 Å². The Bertz CT molecular complexity index is 785. The van der Waals surface area contributed by atoms with E-state index in [0.29, 0.717) is 6.04 Å². The summed E-state index contributed by atoms with van der Waals surface area (Å²) < 4.78 is 0. The fraction of sp³-hybridized carbons (Fsp3) is 0.429. The molecular weight excluding hydrogens is 324 g/mol. The normalized spacial score (nSPS) is 19.6. The summed E-state index contributed by atoms with van der Waals surface area (Å²) >= 11 is 0. The van der Waals surface area contributed by atoms with Crippen LogP contribution in [0.1, 0.15) is 52.5 Å². The number of aromatic nitrogens is 1. The highest BCUT2D eigenvalue weighted by Crippen LogP contribution is 2.32. The number of hydrazine groups is 1. The topological polar surface area (TPSA) is 48.5 Å². The maximum absolute atomic E-state index is 12.6. The quantitative estimate of drug-likeness (QED) is 0.921. The Morgan fingerprint density at radius 1 is 1.31 bits per heavy atom. The molecule has 1 fully saturated rings. The van der Waals surface area contributed by atoms with Gasteiger partial charge in [0.2, 0.25) is 0 Å². The van der Waals surface area contributed by atoms with Crippen LogP contribution in [0.15, 0.2) is 42.6 Å². The minimum Gasteiger partial charge on any atom is -0.294 e. The van der Waals surface area contributed by atoms with Crippen molar-refractivity contribution >= 4 is 5.91 Å². The molecule has 5 nitrogen and oxygen atoms in total. The number of nitrogens with zero attached hydrogens (tertiary/aromatic N) is 3. The molecule has 1 N–H and O–H groups in total. The van der Waals surface area contributed by atoms with Crippen molar-refractivity contribution in [2.24, 2.45) is 0 Å². The van der Waals surface area contributed by atoms with Gasteiger partial charge in [-0.05, 0) is 62.1 Å². The van der Waals surface area contributed by atoms with Crippen molar-refractivity contribution in [3.05, 3.63) is 65.0 Å². The van der Waals surface area contributed by atoms with Crippen molar-refractivity contribution in [1.29, 1.82) is 0 Å². The molecule has 0 radical (unpaired) electrons. The van der Waals surface area contributed by atoms with Crippen LogP contribution < -0.4 is 5.43 Å². The van der Waals surface area contributed by atoms with Gasteiger partial charge in [0.05, 0.1) is 11.7 Å². The number of hydrogen-bond acceptors (Lipinski definition) is 4. The molecule has 1 unspecified atom stereocenters. The number of carbonyl (C=O) groups excluding carboxylic acids is 1. The first-order valence-corrected chi connectivity index (χ1v) is 9.51. The van der Waals surface area contributed by atoms with E-state index in [1.165, 1.54) is 23.2 Å². The average Bonchev–Trinajstić information content (AvgIpc) is 3.22. The van der Waals surface area contributed by atoms with E-state index in [4.69, 9.17) is 0 Å². The second-order valence-electron chi connectivity index (χ2n) is 7.29. The van der Waals surface area contributed by atoms with Crippen LogP contribution in [0.5, 0.6) is 0 Å². The summed E-state index contributed by atoms with van der Waals surface area (Å²) in [4.78, 5) is 19.6. The second-order valence-corrected chi connectivity index (χ2v) is 7.29. The molecule has 2 heterocycles. The van der Waals surface area contributed by atoms with E-state index in [1.807, 2.05) is 30.5 Å². The lowest BCUT2D eigenvalue weighted by atomic mass is 9.91. The van der Waals surface area contributed by atoms with Crippen molar-refractivity contribution < 1.29 is 4.79 Å². The number of benzene rings is 1. The van der Waals surface area contributed by atoms with Crippen LogP contribution in [0.25, 0.3) is 0 Å². The van der Waals surface area contributed by atoms with Gasteiger partial charge in [-0.2, -0.15) is 0 Å². The molecule has 5 heteroatoms. The number of aryl methyl sites for hydroxylation is 1. The van der Waals surface area contributed by atoms with Crippen LogP contribution in [0.4, 0.5) is 0 Å². The van der Waals surface area contributed by atoms with Crippen LogP contribution in [0.3, 0.4) is 0 Å². The highest BCUT2D eigenvalue weighted by molar-refractivity contribution is 5.94. The molecular formula is C21H26N4O. The van der Waals surface area contributed by atoms with E-state index >= 15 is 0 Å². The molecule has 4 rings (SSSR count). The van der Waals surface area contributed by atoms with Gasteiger partial charge in [0, 0.05) is 31.4 Å². The molecule has 2 aliphatic rings. The monoisotopic (exact) mass is 350 g/mol. The van der Waals surface area contributed by atoms with Gasteiger partial charge in [-0.25, -0.2) is 5.43 Å². The fourth-order valence-electron chi connectivity index (χ4n) is 4.07. The number of hydrogen-bond donors (Lipinski definition) is 1. The highest BCUT2D eigenvalue weighted by Gasteiger charge is 2.25. The third kappa shape index (κ3) is 3.50. The Kier molecular flexibility index (Phi) is 5.00. The van der Waals surface area contributed by atoms with Gasteiger partial charge in [0.25, 0.3) is 5.91 Å². The number of carbonyl (C=O) groups is 1. The third-order valence-corrected chi connectivity index (χ3v) is 5.41. The van der Waals surface area contributed by atoms with E-state index in [0.717, 1.165) is 44.5 Å². The minimum atomic E-state index is 0.0664. The lowest BCUT2D eigenvalue weighted by Gasteiger charge is -2.32. The predicted octanol–water partition coefficient (Wildman–Crippen LogP) is 2.94. The summed E-state index contributed by atoms with van der Waals surface area (Å²) in [6, 6.07) is 12.6. The number of pyridine rings is 1. The summed E-state index contributed by atoms with van der Waals surface area (Å²) in [7, 11) is 2.16. The largest absolute Gasteiger partial charge is 0.294 e. The molecule has 1 atom stereocenters. The van der Waals surface area contributed by atoms with E-state index in [9.17, 15) is 4.79 Å². The lowest BCUT2D eigenvalue weighted by Crippen LogP contribution is -2.36. The summed E-state index contributed by atoms with van der Waals surface area (Å²) in [6.07, 6.45) is 6.37. The first-order valence-electron chi connectivity index (χ1n) is 9.51. The van der Waals surface area contributed by atoms with Gasteiger partial charge in [-0.3, -0.25) is 19.7 Å². The van der Waals surface area contributed by atoms with E-state index in [2.05, 4.69) is 34.5 Å². The van der Waals surface area contributed by atoms with Crippen molar-refractivity contribution in [2.75, 3.05) is 20.1 Å². The average molecular weight is 350 g/mol. The number of rotatable bonds is 4. The lowest BCUT2D eigenvalue weighted by molar-refractivity contribution is 0.0726. The summed E-state index contributed by atoms with van der Waals surface area (Å²) in [5.41, 5.74) is 7.66. The molecule has 1 aliphatic heterocycles. The molecule has 1 saturated heterocycles. The molecule has 1 aromatic heterocycles. The van der Waals surface area contributed by atoms with Gasteiger partial charge in [-0.1, -0.05) is 18.2 Å². The Morgan fingerprint density at radius 3 is 3.08 bits per heavy atom. The van der Waals surface area contributed by atoms with Crippen LogP contribution in [0, 0.1) is 0 Å². The first kappa shape index (κ1) is 17.2. The first-order chi connectivity index (χ1) is 12.7. The number of nitrogens with one attached hydrogen (secondary N) is 1. The predicted molar refractivity (Wildman–Crippen MR) is 101 cm³/mol. The molecule has 1 aromatic carbocycles. The van der Waals surface area contributed by atoms with Crippen molar-refractivity contribution in [2.45, 2.75) is 38.3 Å². The molecule has 0 spiro atoms. The SMILES string of the molecule is CN(Cc1cccc(C(=O)N2CCCN2)c1)C1CCCc2cccnc21. The van der Waals surface area contributed by atoms with Gasteiger partial charge >= 0.3 is 0 Å². The van der Waals surface area contributed by atoms with Crippen LogP contribution >= 0.6 is 0 Å². The number of amides is 1. The molecule has 2 aromatic rings. The van der Waals surface area contributed by atoms with E-state index in [-0.39, 0.29) is 5.91 Å². The summed E-state index contributed by atoms with van der Waals surface area (Å²) in [6.45, 7) is 2.48. The second kappa shape index (κ2) is 7.56. The van der Waals surface area contributed by atoms with Crippen molar-refractivity contribution in [1.82, 2.24) is 20.3 Å².